The van der Waals surface area contributed by atoms with E-state index in [2.05, 4.69) is 5.32 Å². The van der Waals surface area contributed by atoms with Gasteiger partial charge >= 0.3 is 5.97 Å². The van der Waals surface area contributed by atoms with Crippen LogP contribution >= 0.6 is 0 Å². The second kappa shape index (κ2) is 9.80. The van der Waals surface area contributed by atoms with Gasteiger partial charge in [-0.15, -0.1) is 0 Å². The van der Waals surface area contributed by atoms with Crippen LogP contribution in [0.25, 0.3) is 0 Å². The Bertz CT molecular complexity index is 1040. The molecule has 12 heteroatoms. The number of nitro groups is 1. The Labute approximate surface area is 171 Å². The monoisotopic (exact) mass is 437 g/mol. The highest BCUT2D eigenvalue weighted by atomic mass is 32.2. The summed E-state index contributed by atoms with van der Waals surface area (Å²) in [5, 5.41) is 22.2. The Hall–Kier alpha value is -3.51. The molecule has 0 saturated heterocycles. The first-order valence-corrected chi connectivity index (χ1v) is 10.0. The number of sulfonamides is 1. The van der Waals surface area contributed by atoms with Crippen LogP contribution in [-0.2, 0) is 26.2 Å². The van der Waals surface area contributed by atoms with Gasteiger partial charge in [0.2, 0.25) is 15.9 Å². The topological polar surface area (TPSA) is 165 Å². The van der Waals surface area contributed by atoms with E-state index in [1.807, 2.05) is 4.72 Å². The number of hydrogen-bond donors (Lipinski definition) is 3. The molecule has 0 aromatic heterocycles. The van der Waals surface area contributed by atoms with Gasteiger partial charge in [-0.3, -0.25) is 19.7 Å². The van der Waals surface area contributed by atoms with Crippen LogP contribution in [0, 0.1) is 10.1 Å². The van der Waals surface area contributed by atoms with Gasteiger partial charge in [-0.05, 0) is 11.6 Å². The van der Waals surface area contributed by atoms with E-state index in [9.17, 15) is 28.1 Å². The molecule has 3 N–H and O–H groups in total. The Morgan fingerprint density at radius 1 is 1.20 bits per heavy atom. The predicted octanol–water partition coefficient (Wildman–Crippen LogP) is 1.04. The molecular weight excluding hydrogens is 418 g/mol. The molecule has 0 aliphatic rings. The number of likely N-dealkylation sites (N-methyl/N-ethyl adjacent to an activating group) is 1. The summed E-state index contributed by atoms with van der Waals surface area (Å²) in [6.07, 6.45) is -0.800. The third-order valence-electron chi connectivity index (χ3n) is 3.90. The van der Waals surface area contributed by atoms with Crippen molar-refractivity contribution < 1.29 is 32.8 Å². The summed E-state index contributed by atoms with van der Waals surface area (Å²) in [5.74, 6) is -2.56. The minimum Gasteiger partial charge on any atom is -0.487 e. The molecule has 1 unspecified atom stereocenters. The number of nitrogens with one attached hydrogen (secondary N) is 2. The number of aliphatic carboxylic acids is 1. The first-order chi connectivity index (χ1) is 14.1. The van der Waals surface area contributed by atoms with Crippen LogP contribution in [-0.4, -0.2) is 43.4 Å². The molecule has 160 valence electrons. The van der Waals surface area contributed by atoms with Crippen molar-refractivity contribution in [2.24, 2.45) is 0 Å². The van der Waals surface area contributed by atoms with Crippen LogP contribution in [0.2, 0.25) is 0 Å². The number of carbonyl (C=O) groups is 2. The number of hydrogen-bond acceptors (Lipinski definition) is 7. The van der Waals surface area contributed by atoms with Crippen molar-refractivity contribution in [1.82, 2.24) is 10.0 Å². The fourth-order valence-corrected chi connectivity index (χ4v) is 3.79. The second-order valence-electron chi connectivity index (χ2n) is 6.05. The number of amides is 1. The first kappa shape index (κ1) is 22.8. The van der Waals surface area contributed by atoms with Gasteiger partial charge in [-0.25, -0.2) is 8.42 Å². The molecule has 0 spiro atoms. The number of nitrogens with zero attached hydrogens (tertiary/aromatic N) is 1. The van der Waals surface area contributed by atoms with E-state index in [0.29, 0.717) is 5.56 Å². The smallest absolute Gasteiger partial charge is 0.305 e. The Kier molecular flexibility index (Phi) is 7.44. The van der Waals surface area contributed by atoms with Crippen LogP contribution in [0.1, 0.15) is 12.0 Å². The van der Waals surface area contributed by atoms with Crippen LogP contribution in [0.5, 0.6) is 5.75 Å². The molecule has 0 aliphatic heterocycles. The summed E-state index contributed by atoms with van der Waals surface area (Å²) < 4.78 is 33.2. The van der Waals surface area contributed by atoms with Gasteiger partial charge in [-0.1, -0.05) is 30.3 Å². The lowest BCUT2D eigenvalue weighted by molar-refractivity contribution is -0.385. The zero-order valence-corrected chi connectivity index (χ0v) is 16.6. The number of ether oxygens (including phenoxy) is 1. The van der Waals surface area contributed by atoms with Gasteiger partial charge < -0.3 is 15.2 Å². The minimum absolute atomic E-state index is 0.0709. The molecule has 2 rings (SSSR count). The fourth-order valence-electron chi connectivity index (χ4n) is 2.47. The normalized spacial score (nSPS) is 12.0. The second-order valence-corrected chi connectivity index (χ2v) is 7.73. The van der Waals surface area contributed by atoms with E-state index < -0.39 is 49.9 Å². The summed E-state index contributed by atoms with van der Waals surface area (Å²) in [6.45, 7) is -0.0709. The maximum absolute atomic E-state index is 12.8. The van der Waals surface area contributed by atoms with E-state index in [4.69, 9.17) is 9.84 Å². The van der Waals surface area contributed by atoms with Gasteiger partial charge in [0, 0.05) is 13.1 Å². The van der Waals surface area contributed by atoms with Gasteiger partial charge in [0.25, 0.3) is 5.69 Å². The van der Waals surface area contributed by atoms with E-state index in [0.717, 1.165) is 18.2 Å². The van der Waals surface area contributed by atoms with E-state index in [1.165, 1.54) is 7.05 Å². The average molecular weight is 437 g/mol. The van der Waals surface area contributed by atoms with Gasteiger partial charge in [0.15, 0.2) is 0 Å². The Morgan fingerprint density at radius 2 is 1.87 bits per heavy atom. The zero-order valence-electron chi connectivity index (χ0n) is 15.8. The fraction of sp³-hybridized carbons (Fsp3) is 0.222. The van der Waals surface area contributed by atoms with Crippen LogP contribution in [0.15, 0.2) is 53.4 Å². The molecule has 11 nitrogen and oxygen atoms in total. The third kappa shape index (κ3) is 5.99. The molecule has 0 heterocycles. The van der Waals surface area contributed by atoms with Gasteiger partial charge in [0.1, 0.15) is 23.3 Å². The van der Waals surface area contributed by atoms with E-state index >= 15 is 0 Å². The van der Waals surface area contributed by atoms with Crippen molar-refractivity contribution in [2.75, 3.05) is 7.05 Å². The predicted molar refractivity (Wildman–Crippen MR) is 104 cm³/mol. The van der Waals surface area contributed by atoms with Crippen molar-refractivity contribution in [3.63, 3.8) is 0 Å². The minimum atomic E-state index is -4.46. The lowest BCUT2D eigenvalue weighted by Crippen LogP contribution is -2.46. The van der Waals surface area contributed by atoms with Crippen LogP contribution in [0.3, 0.4) is 0 Å². The summed E-state index contributed by atoms with van der Waals surface area (Å²) in [5.41, 5.74) is 0.292. The van der Waals surface area contributed by atoms with E-state index in [-0.39, 0.29) is 12.4 Å². The summed E-state index contributed by atoms with van der Waals surface area (Å²) in [6, 6.07) is 9.99. The standard InChI is InChI=1S/C18H19N3O8S/c1-19-18(24)14(10-17(22)23)20-30(27,28)16-8-7-13(21(25)26)9-15(16)29-11-12-5-3-2-4-6-12/h2-9,14,20H,10-11H2,1H3,(H,19,24)(H,22,23). The lowest BCUT2D eigenvalue weighted by atomic mass is 10.2. The highest BCUT2D eigenvalue weighted by Gasteiger charge is 2.30. The molecule has 0 radical (unpaired) electrons. The van der Waals surface area contributed by atoms with Crippen molar-refractivity contribution in [1.29, 1.82) is 0 Å². The quantitative estimate of drug-likeness (QED) is 0.366. The molecule has 2 aromatic carbocycles. The number of rotatable bonds is 10. The molecular formula is C18H19N3O8S. The molecule has 30 heavy (non-hydrogen) atoms. The number of carbonyl (C=O) groups excluding carboxylic acids is 1. The van der Waals surface area contributed by atoms with Crippen molar-refractivity contribution in [3.8, 4) is 5.75 Å². The average Bonchev–Trinajstić information content (AvgIpc) is 2.71. The maximum Gasteiger partial charge on any atom is 0.305 e. The lowest BCUT2D eigenvalue weighted by Gasteiger charge is -2.17. The van der Waals surface area contributed by atoms with Crippen LogP contribution < -0.4 is 14.8 Å². The number of nitro benzene ring substituents is 1. The molecule has 0 bridgehead atoms. The SMILES string of the molecule is CNC(=O)C(CC(=O)O)NS(=O)(=O)c1ccc([N+](=O)[O-])cc1OCc1ccccc1. The maximum atomic E-state index is 12.8. The number of non-ortho nitro benzene ring substituents is 1. The molecule has 1 amide bonds. The summed E-state index contributed by atoms with van der Waals surface area (Å²) in [7, 11) is -3.23. The van der Waals surface area contributed by atoms with Crippen molar-refractivity contribution >= 4 is 27.6 Å². The van der Waals surface area contributed by atoms with E-state index in [1.54, 1.807) is 30.3 Å². The Morgan fingerprint density at radius 3 is 2.43 bits per heavy atom. The van der Waals surface area contributed by atoms with Crippen molar-refractivity contribution in [2.45, 2.75) is 24.0 Å². The van der Waals surface area contributed by atoms with Crippen LogP contribution in [0.4, 0.5) is 5.69 Å². The van der Waals surface area contributed by atoms with Gasteiger partial charge in [-0.2, -0.15) is 4.72 Å². The molecule has 2 aromatic rings. The first-order valence-electron chi connectivity index (χ1n) is 8.55. The number of benzene rings is 2. The summed E-state index contributed by atoms with van der Waals surface area (Å²) in [4.78, 5) is 32.8. The molecule has 1 atom stereocenters. The van der Waals surface area contributed by atoms with Crippen molar-refractivity contribution in [3.05, 3.63) is 64.2 Å². The highest BCUT2D eigenvalue weighted by molar-refractivity contribution is 7.89. The Balaban J connectivity index is 2.40. The molecule has 0 saturated carbocycles. The molecule has 0 fully saturated rings. The highest BCUT2D eigenvalue weighted by Crippen LogP contribution is 2.29. The van der Waals surface area contributed by atoms with Gasteiger partial charge in [0.05, 0.1) is 17.4 Å². The molecule has 0 aliphatic carbocycles. The zero-order chi connectivity index (χ0) is 22.3. The largest absolute Gasteiger partial charge is 0.487 e. The number of carboxylic acid groups (broad SMARTS) is 1. The summed E-state index contributed by atoms with van der Waals surface area (Å²) >= 11 is 0. The third-order valence-corrected chi connectivity index (χ3v) is 5.41. The number of carboxylic acids is 1.